The Bertz CT molecular complexity index is 477. The van der Waals surface area contributed by atoms with Crippen molar-refractivity contribution in [3.63, 3.8) is 0 Å². The summed E-state index contributed by atoms with van der Waals surface area (Å²) >= 11 is 1.99. The molecule has 1 aromatic carbocycles. The molecule has 2 unspecified atom stereocenters. The first-order valence-corrected chi connectivity index (χ1v) is 8.81. The third-order valence-corrected chi connectivity index (χ3v) is 5.30. The Morgan fingerprint density at radius 1 is 1.29 bits per heavy atom. The van der Waals surface area contributed by atoms with E-state index in [0.717, 1.165) is 29.0 Å². The smallest absolute Gasteiger partial charge is 0.203 e. The van der Waals surface area contributed by atoms with Crippen LogP contribution < -0.4 is 19.5 Å². The molecule has 4 nitrogen and oxygen atoms in total. The van der Waals surface area contributed by atoms with E-state index in [9.17, 15) is 0 Å². The van der Waals surface area contributed by atoms with Gasteiger partial charge in [0.15, 0.2) is 11.5 Å². The van der Waals surface area contributed by atoms with Crippen molar-refractivity contribution in [3.8, 4) is 17.2 Å². The third kappa shape index (κ3) is 3.40. The summed E-state index contributed by atoms with van der Waals surface area (Å²) in [5.41, 5.74) is 1.18. The molecule has 2 aliphatic rings. The van der Waals surface area contributed by atoms with Crippen LogP contribution in [0.3, 0.4) is 0 Å². The van der Waals surface area contributed by atoms with E-state index in [4.69, 9.17) is 14.2 Å². The summed E-state index contributed by atoms with van der Waals surface area (Å²) in [6.07, 6.45) is 6.07. The van der Waals surface area contributed by atoms with Crippen LogP contribution in [0.1, 0.15) is 24.8 Å². The van der Waals surface area contributed by atoms with Crippen molar-refractivity contribution in [3.05, 3.63) is 17.7 Å². The van der Waals surface area contributed by atoms with Gasteiger partial charge in [0.2, 0.25) is 5.75 Å². The maximum absolute atomic E-state index is 5.68. The topological polar surface area (TPSA) is 39.7 Å². The predicted molar refractivity (Wildman–Crippen MR) is 85.8 cm³/mol. The van der Waals surface area contributed by atoms with E-state index in [1.165, 1.54) is 24.8 Å². The van der Waals surface area contributed by atoms with Crippen molar-refractivity contribution in [2.45, 2.75) is 37.1 Å². The van der Waals surface area contributed by atoms with E-state index in [1.54, 1.807) is 7.11 Å². The Morgan fingerprint density at radius 2 is 2.14 bits per heavy atom. The molecule has 5 heteroatoms. The highest BCUT2D eigenvalue weighted by Crippen LogP contribution is 2.40. The molecule has 1 saturated carbocycles. The van der Waals surface area contributed by atoms with Gasteiger partial charge in [0.1, 0.15) is 13.2 Å². The molecule has 1 fully saturated rings. The largest absolute Gasteiger partial charge is 0.493 e. The minimum atomic E-state index is 0.582. The lowest BCUT2D eigenvalue weighted by atomic mass is 10.1. The molecule has 21 heavy (non-hydrogen) atoms. The first-order valence-electron chi connectivity index (χ1n) is 7.53. The van der Waals surface area contributed by atoms with Gasteiger partial charge in [-0.25, -0.2) is 0 Å². The Hall–Kier alpha value is -1.07. The lowest BCUT2D eigenvalue weighted by Crippen LogP contribution is -2.26. The molecule has 1 aromatic rings. The van der Waals surface area contributed by atoms with Gasteiger partial charge in [0.25, 0.3) is 0 Å². The van der Waals surface area contributed by atoms with Crippen LogP contribution in [-0.2, 0) is 6.54 Å². The third-order valence-electron chi connectivity index (χ3n) is 4.20. The number of thioether (sulfide) groups is 1. The average molecular weight is 309 g/mol. The summed E-state index contributed by atoms with van der Waals surface area (Å²) in [5.74, 6) is 2.29. The van der Waals surface area contributed by atoms with Crippen LogP contribution >= 0.6 is 11.8 Å². The zero-order valence-electron chi connectivity index (χ0n) is 12.7. The van der Waals surface area contributed by atoms with Crippen LogP contribution in [0.2, 0.25) is 0 Å². The molecular weight excluding hydrogens is 286 g/mol. The van der Waals surface area contributed by atoms with Gasteiger partial charge < -0.3 is 19.5 Å². The second-order valence-corrected chi connectivity index (χ2v) is 6.71. The number of hydrogen-bond acceptors (Lipinski definition) is 5. The normalized spacial score (nSPS) is 24.1. The lowest BCUT2D eigenvalue weighted by molar-refractivity contribution is 0.165. The Balaban J connectivity index is 1.65. The molecule has 0 saturated heterocycles. The molecule has 0 radical (unpaired) electrons. The second-order valence-electron chi connectivity index (χ2n) is 5.57. The number of hydrogen-bond donors (Lipinski definition) is 1. The summed E-state index contributed by atoms with van der Waals surface area (Å²) in [7, 11) is 1.67. The van der Waals surface area contributed by atoms with Gasteiger partial charge >= 0.3 is 0 Å². The number of methoxy groups -OCH3 is 1. The summed E-state index contributed by atoms with van der Waals surface area (Å²) in [5, 5.41) is 4.47. The minimum Gasteiger partial charge on any atom is -0.493 e. The fourth-order valence-corrected chi connectivity index (χ4v) is 3.83. The number of rotatable bonds is 5. The molecule has 0 aromatic heterocycles. The maximum atomic E-state index is 5.68. The zero-order chi connectivity index (χ0) is 14.7. The fourth-order valence-electron chi connectivity index (χ4n) is 3.03. The quantitative estimate of drug-likeness (QED) is 0.905. The maximum Gasteiger partial charge on any atom is 0.203 e. The van der Waals surface area contributed by atoms with Crippen molar-refractivity contribution in [1.82, 2.24) is 5.32 Å². The van der Waals surface area contributed by atoms with Crippen LogP contribution in [0.4, 0.5) is 0 Å². The Labute approximate surface area is 130 Å². The van der Waals surface area contributed by atoms with E-state index in [2.05, 4.69) is 17.6 Å². The molecule has 0 bridgehead atoms. The van der Waals surface area contributed by atoms with Crippen molar-refractivity contribution in [2.75, 3.05) is 26.6 Å². The first-order chi connectivity index (χ1) is 10.3. The van der Waals surface area contributed by atoms with Gasteiger partial charge in [0.05, 0.1) is 7.11 Å². The van der Waals surface area contributed by atoms with E-state index in [-0.39, 0.29) is 0 Å². The molecule has 1 N–H and O–H groups in total. The van der Waals surface area contributed by atoms with Crippen LogP contribution in [-0.4, -0.2) is 37.9 Å². The highest BCUT2D eigenvalue weighted by Gasteiger charge is 2.24. The molecule has 1 heterocycles. The molecule has 1 aliphatic heterocycles. The van der Waals surface area contributed by atoms with Crippen LogP contribution in [0, 0.1) is 0 Å². The summed E-state index contributed by atoms with van der Waals surface area (Å²) < 4.78 is 16.7. The van der Waals surface area contributed by atoms with Crippen LogP contribution in [0.15, 0.2) is 12.1 Å². The number of benzene rings is 1. The minimum absolute atomic E-state index is 0.582. The standard InChI is InChI=1S/C16H23NO3S/c1-18-14-7-11(8-15-16(14)20-6-5-19-15)10-17-12-3-4-13(9-12)21-2/h7-8,12-13,17H,3-6,9-10H2,1-2H3. The van der Waals surface area contributed by atoms with E-state index >= 15 is 0 Å². The molecule has 2 atom stereocenters. The van der Waals surface area contributed by atoms with Crippen molar-refractivity contribution < 1.29 is 14.2 Å². The predicted octanol–water partition coefficient (Wildman–Crippen LogP) is 2.84. The van der Waals surface area contributed by atoms with E-state index < -0.39 is 0 Å². The van der Waals surface area contributed by atoms with E-state index in [0.29, 0.717) is 19.3 Å². The molecule has 0 spiro atoms. The van der Waals surface area contributed by atoms with E-state index in [1.807, 2.05) is 17.8 Å². The van der Waals surface area contributed by atoms with Gasteiger partial charge in [-0.1, -0.05) is 0 Å². The summed E-state index contributed by atoms with van der Waals surface area (Å²) in [4.78, 5) is 0. The van der Waals surface area contributed by atoms with Gasteiger partial charge in [-0.3, -0.25) is 0 Å². The molecule has 116 valence electrons. The highest BCUT2D eigenvalue weighted by atomic mass is 32.2. The number of ether oxygens (including phenoxy) is 3. The van der Waals surface area contributed by atoms with Gasteiger partial charge in [0, 0.05) is 17.8 Å². The molecule has 3 rings (SSSR count). The van der Waals surface area contributed by atoms with Gasteiger partial charge in [-0.05, 0) is 43.2 Å². The Kier molecular flexibility index (Phi) is 4.80. The summed E-state index contributed by atoms with van der Waals surface area (Å²) in [6.45, 7) is 2.03. The number of nitrogens with one attached hydrogen (secondary N) is 1. The van der Waals surface area contributed by atoms with Crippen molar-refractivity contribution in [2.24, 2.45) is 0 Å². The van der Waals surface area contributed by atoms with Gasteiger partial charge in [-0.2, -0.15) is 11.8 Å². The van der Waals surface area contributed by atoms with Crippen LogP contribution in [0.5, 0.6) is 17.2 Å². The SMILES string of the molecule is COc1cc(CNC2CCC(SC)C2)cc2c1OCCO2. The fraction of sp³-hybridized carbons (Fsp3) is 0.625. The molecular formula is C16H23NO3S. The lowest BCUT2D eigenvalue weighted by Gasteiger charge is -2.22. The van der Waals surface area contributed by atoms with Gasteiger partial charge in [-0.15, -0.1) is 0 Å². The zero-order valence-corrected chi connectivity index (χ0v) is 13.5. The first kappa shape index (κ1) is 14.9. The number of fused-ring (bicyclic) bond motifs is 1. The monoisotopic (exact) mass is 309 g/mol. The second kappa shape index (κ2) is 6.79. The van der Waals surface area contributed by atoms with Crippen molar-refractivity contribution in [1.29, 1.82) is 0 Å². The average Bonchev–Trinajstić information content (AvgIpc) is 3.00. The summed E-state index contributed by atoms with van der Waals surface area (Å²) in [6, 6.07) is 4.73. The van der Waals surface area contributed by atoms with Crippen molar-refractivity contribution >= 4 is 11.8 Å². The van der Waals surface area contributed by atoms with Crippen LogP contribution in [0.25, 0.3) is 0 Å². The highest BCUT2D eigenvalue weighted by molar-refractivity contribution is 7.99. The molecule has 0 amide bonds. The Morgan fingerprint density at radius 3 is 2.90 bits per heavy atom. The molecule has 1 aliphatic carbocycles.